The molecule has 4 rings (SSSR count). The maximum atomic E-state index is 11.9. The fraction of sp³-hybridized carbons (Fsp3) is 0.250. The molecule has 8 heteroatoms. The molecule has 28 heavy (non-hydrogen) atoms. The second-order valence-corrected chi connectivity index (χ2v) is 7.92. The zero-order valence-corrected chi connectivity index (χ0v) is 16.0. The number of primary amides is 2. The monoisotopic (exact) mass is 395 g/mol. The average Bonchev–Trinajstić information content (AvgIpc) is 3.14. The number of carbonyl (C=O) groups is 2. The highest BCUT2D eigenvalue weighted by atomic mass is 32.1. The summed E-state index contributed by atoms with van der Waals surface area (Å²) in [6, 6.07) is 9.39. The highest BCUT2D eigenvalue weighted by molar-refractivity contribution is 7.22. The van der Waals surface area contributed by atoms with E-state index in [1.54, 1.807) is 18.3 Å². The average molecular weight is 395 g/mol. The van der Waals surface area contributed by atoms with E-state index in [1.807, 2.05) is 18.2 Å². The summed E-state index contributed by atoms with van der Waals surface area (Å²) in [7, 11) is 0. The number of carbonyl (C=O) groups excluding carboxylic acids is 2. The Bertz CT molecular complexity index is 1040. The Morgan fingerprint density at radius 1 is 1.18 bits per heavy atom. The highest BCUT2D eigenvalue weighted by Gasteiger charge is 2.19. The van der Waals surface area contributed by atoms with Crippen molar-refractivity contribution >= 4 is 39.1 Å². The van der Waals surface area contributed by atoms with Crippen LogP contribution in [-0.4, -0.2) is 35.9 Å². The van der Waals surface area contributed by atoms with Crippen LogP contribution in [0.15, 0.2) is 36.5 Å². The van der Waals surface area contributed by atoms with Crippen LogP contribution in [-0.2, 0) is 0 Å². The van der Waals surface area contributed by atoms with E-state index in [0.29, 0.717) is 17.2 Å². The first-order valence-corrected chi connectivity index (χ1v) is 9.94. The van der Waals surface area contributed by atoms with Gasteiger partial charge in [0.25, 0.3) is 5.91 Å². The number of benzene rings is 1. The van der Waals surface area contributed by atoms with E-state index in [4.69, 9.17) is 11.5 Å². The molecule has 3 heterocycles. The summed E-state index contributed by atoms with van der Waals surface area (Å²) < 4.78 is 0.808. The van der Waals surface area contributed by atoms with Crippen LogP contribution in [0.25, 0.3) is 20.5 Å². The van der Waals surface area contributed by atoms with Gasteiger partial charge < -0.3 is 22.1 Å². The number of thiophene rings is 1. The first-order valence-electron chi connectivity index (χ1n) is 9.13. The van der Waals surface area contributed by atoms with Crippen LogP contribution in [0.3, 0.4) is 0 Å². The molecule has 0 unspecified atom stereocenters. The number of hydrogen-bond acceptors (Lipinski definition) is 6. The first kappa shape index (κ1) is 18.4. The topological polar surface area (TPSA) is 123 Å². The molecule has 1 aliphatic rings. The Morgan fingerprint density at radius 2 is 1.96 bits per heavy atom. The minimum Gasteiger partial charge on any atom is -0.366 e. The van der Waals surface area contributed by atoms with E-state index in [-0.39, 0.29) is 0 Å². The molecule has 0 radical (unpaired) electrons. The van der Waals surface area contributed by atoms with Crippen molar-refractivity contribution in [2.24, 2.45) is 11.5 Å². The van der Waals surface area contributed by atoms with Gasteiger partial charge in [-0.1, -0.05) is 12.1 Å². The Hall–Kier alpha value is -2.97. The molecule has 1 aromatic carbocycles. The van der Waals surface area contributed by atoms with Crippen molar-refractivity contribution < 1.29 is 9.59 Å². The van der Waals surface area contributed by atoms with Gasteiger partial charge in [0.05, 0.1) is 10.3 Å². The first-order chi connectivity index (χ1) is 13.5. The minimum atomic E-state index is -0.499. The zero-order chi connectivity index (χ0) is 19.7. The van der Waals surface area contributed by atoms with Gasteiger partial charge in [0.2, 0.25) is 5.91 Å². The van der Waals surface area contributed by atoms with Crippen LogP contribution in [0.5, 0.6) is 0 Å². The van der Waals surface area contributed by atoms with Gasteiger partial charge in [0, 0.05) is 34.6 Å². The number of nitrogens with zero attached hydrogens (tertiary/aromatic N) is 1. The summed E-state index contributed by atoms with van der Waals surface area (Å²) in [4.78, 5) is 28.6. The number of nitrogens with one attached hydrogen (secondary N) is 2. The maximum absolute atomic E-state index is 11.9. The number of amides is 2. The van der Waals surface area contributed by atoms with Gasteiger partial charge >= 0.3 is 0 Å². The molecule has 2 aromatic heterocycles. The second-order valence-electron chi connectivity index (χ2n) is 6.87. The molecule has 1 saturated heterocycles. The van der Waals surface area contributed by atoms with Gasteiger partial charge in [-0.05, 0) is 43.1 Å². The van der Waals surface area contributed by atoms with Crippen molar-refractivity contribution in [3.8, 4) is 10.4 Å². The summed E-state index contributed by atoms with van der Waals surface area (Å²) in [5.74, 6) is -0.207. The minimum absolute atomic E-state index is 0.294. The standard InChI is InChI=1S/C20H21N5O2S/c21-18(26)12-5-3-11(4-6-12)16-8-14-17(28-16)15(19(22)27)10-24-20(14)25-13-2-1-7-23-9-13/h3-6,8,10,13,23H,1-2,7,9H2,(H2,21,26)(H2,22,27)(H,24,25)/t13-/m0/s1. The van der Waals surface area contributed by atoms with Crippen molar-refractivity contribution in [1.29, 1.82) is 0 Å². The molecule has 0 aliphatic carbocycles. The molecule has 7 nitrogen and oxygen atoms in total. The summed E-state index contributed by atoms with van der Waals surface area (Å²) in [5, 5.41) is 7.75. The van der Waals surface area contributed by atoms with E-state index in [2.05, 4.69) is 15.6 Å². The van der Waals surface area contributed by atoms with Gasteiger partial charge in [-0.25, -0.2) is 4.98 Å². The summed E-state index contributed by atoms with van der Waals surface area (Å²) in [5.41, 5.74) is 12.7. The van der Waals surface area contributed by atoms with E-state index in [0.717, 1.165) is 52.3 Å². The summed E-state index contributed by atoms with van der Waals surface area (Å²) in [6.45, 7) is 1.91. The van der Waals surface area contributed by atoms with Crippen molar-refractivity contribution in [2.75, 3.05) is 18.4 Å². The Labute approximate surface area is 166 Å². The van der Waals surface area contributed by atoms with Crippen LogP contribution >= 0.6 is 11.3 Å². The molecule has 0 spiro atoms. The molecule has 1 atom stereocenters. The lowest BCUT2D eigenvalue weighted by atomic mass is 10.1. The number of nitrogens with two attached hydrogens (primary N) is 2. The third-order valence-corrected chi connectivity index (χ3v) is 6.13. The van der Waals surface area contributed by atoms with Crippen LogP contribution in [0.1, 0.15) is 33.6 Å². The van der Waals surface area contributed by atoms with E-state index in [1.165, 1.54) is 11.3 Å². The van der Waals surface area contributed by atoms with Gasteiger partial charge in [-0.15, -0.1) is 11.3 Å². The van der Waals surface area contributed by atoms with Crippen molar-refractivity contribution in [3.05, 3.63) is 47.7 Å². The number of piperidine rings is 1. The second kappa shape index (κ2) is 7.57. The van der Waals surface area contributed by atoms with Crippen molar-refractivity contribution in [2.45, 2.75) is 18.9 Å². The van der Waals surface area contributed by atoms with Crippen LogP contribution in [0.4, 0.5) is 5.82 Å². The normalized spacial score (nSPS) is 16.8. The summed E-state index contributed by atoms with van der Waals surface area (Å²) >= 11 is 1.48. The quantitative estimate of drug-likeness (QED) is 0.528. The zero-order valence-electron chi connectivity index (χ0n) is 15.2. The molecule has 1 fully saturated rings. The smallest absolute Gasteiger partial charge is 0.251 e. The highest BCUT2D eigenvalue weighted by Crippen LogP contribution is 2.38. The molecule has 144 valence electrons. The third kappa shape index (κ3) is 3.56. The number of rotatable bonds is 5. The number of fused-ring (bicyclic) bond motifs is 1. The lowest BCUT2D eigenvalue weighted by molar-refractivity contribution is 0.0992. The SMILES string of the molecule is NC(=O)c1ccc(-c2cc3c(N[C@H]4CCCNC4)ncc(C(N)=O)c3s2)cc1. The fourth-order valence-electron chi connectivity index (χ4n) is 3.42. The molecule has 2 amide bonds. The van der Waals surface area contributed by atoms with Gasteiger partial charge in [0.15, 0.2) is 0 Å². The number of anilines is 1. The van der Waals surface area contributed by atoms with Gasteiger partial charge in [-0.2, -0.15) is 0 Å². The largest absolute Gasteiger partial charge is 0.366 e. The molecule has 6 N–H and O–H groups in total. The van der Waals surface area contributed by atoms with E-state index in [9.17, 15) is 9.59 Å². The Balaban J connectivity index is 1.76. The van der Waals surface area contributed by atoms with Gasteiger partial charge in [0.1, 0.15) is 5.82 Å². The Morgan fingerprint density at radius 3 is 2.61 bits per heavy atom. The lowest BCUT2D eigenvalue weighted by Crippen LogP contribution is -2.38. The molecule has 0 bridgehead atoms. The number of pyridine rings is 1. The third-order valence-electron chi connectivity index (χ3n) is 4.91. The Kier molecular flexibility index (Phi) is 4.97. The molecule has 0 saturated carbocycles. The maximum Gasteiger partial charge on any atom is 0.251 e. The van der Waals surface area contributed by atoms with E-state index >= 15 is 0 Å². The van der Waals surface area contributed by atoms with Crippen molar-refractivity contribution in [1.82, 2.24) is 10.3 Å². The van der Waals surface area contributed by atoms with Crippen LogP contribution in [0.2, 0.25) is 0 Å². The molecule has 1 aliphatic heterocycles. The fourth-order valence-corrected chi connectivity index (χ4v) is 4.60. The van der Waals surface area contributed by atoms with Crippen LogP contribution < -0.4 is 22.1 Å². The predicted octanol–water partition coefficient (Wildman–Crippen LogP) is 2.33. The molecule has 3 aromatic rings. The summed E-state index contributed by atoms with van der Waals surface area (Å²) in [6.07, 6.45) is 3.72. The molecular weight excluding hydrogens is 374 g/mol. The molecular formula is C20H21N5O2S. The van der Waals surface area contributed by atoms with E-state index < -0.39 is 11.8 Å². The van der Waals surface area contributed by atoms with Gasteiger partial charge in [-0.3, -0.25) is 9.59 Å². The predicted molar refractivity (Wildman–Crippen MR) is 112 cm³/mol. The number of hydrogen-bond donors (Lipinski definition) is 4. The van der Waals surface area contributed by atoms with Crippen molar-refractivity contribution in [3.63, 3.8) is 0 Å². The van der Waals surface area contributed by atoms with Crippen LogP contribution in [0, 0.1) is 0 Å². The lowest BCUT2D eigenvalue weighted by Gasteiger charge is -2.24. The number of aromatic nitrogens is 1.